The number of pyridine rings is 2. The number of nitrogens with one attached hydrogen (secondary N) is 1. The van der Waals surface area contributed by atoms with Crippen molar-refractivity contribution in [3.05, 3.63) is 48.4 Å². The van der Waals surface area contributed by atoms with Gasteiger partial charge in [0.25, 0.3) is 0 Å². The van der Waals surface area contributed by atoms with Crippen LogP contribution >= 0.6 is 0 Å². The van der Waals surface area contributed by atoms with Crippen molar-refractivity contribution in [2.45, 2.75) is 25.5 Å². The van der Waals surface area contributed by atoms with Gasteiger partial charge in [0.05, 0.1) is 17.9 Å². The Morgan fingerprint density at radius 2 is 2.15 bits per heavy atom. The molecule has 2 fully saturated rings. The second-order valence-corrected chi connectivity index (χ2v) is 7.01. The fraction of sp³-hybridized carbons (Fsp3) is 0.350. The van der Waals surface area contributed by atoms with Crippen LogP contribution in [0.15, 0.2) is 42.7 Å². The molecule has 3 aromatic heterocycles. The van der Waals surface area contributed by atoms with Crippen LogP contribution in [0.2, 0.25) is 0 Å². The molecule has 1 amide bonds. The van der Waals surface area contributed by atoms with Crippen LogP contribution in [0.1, 0.15) is 24.6 Å². The first-order valence-corrected chi connectivity index (χ1v) is 9.35. The summed E-state index contributed by atoms with van der Waals surface area (Å²) in [4.78, 5) is 23.3. The zero-order valence-electron chi connectivity index (χ0n) is 15.0. The van der Waals surface area contributed by atoms with E-state index in [2.05, 4.69) is 21.1 Å². The van der Waals surface area contributed by atoms with Gasteiger partial charge in [0, 0.05) is 43.0 Å². The average Bonchev–Trinajstić information content (AvgIpc) is 3.49. The minimum atomic E-state index is 0.103. The molecule has 0 aromatic carbocycles. The molecule has 0 spiro atoms. The Kier molecular flexibility index (Phi) is 4.01. The lowest BCUT2D eigenvalue weighted by Crippen LogP contribution is -2.48. The molecule has 0 radical (unpaired) electrons. The average molecular weight is 363 g/mol. The third kappa shape index (κ3) is 3.14. The third-order valence-electron chi connectivity index (χ3n) is 5.05. The summed E-state index contributed by atoms with van der Waals surface area (Å²) >= 11 is 0. The quantitative estimate of drug-likeness (QED) is 0.753. The van der Waals surface area contributed by atoms with Crippen LogP contribution in [-0.4, -0.2) is 40.1 Å². The smallest absolute Gasteiger partial charge is 0.241 e. The first-order valence-electron chi connectivity index (χ1n) is 9.35. The normalized spacial score (nSPS) is 17.5. The van der Waals surface area contributed by atoms with E-state index in [1.165, 1.54) is 0 Å². The molecule has 4 heterocycles. The second-order valence-electron chi connectivity index (χ2n) is 7.01. The number of carbonyl (C=O) groups is 1. The van der Waals surface area contributed by atoms with E-state index in [9.17, 15) is 4.79 Å². The molecular weight excluding hydrogens is 342 g/mol. The van der Waals surface area contributed by atoms with Crippen LogP contribution in [0.3, 0.4) is 0 Å². The molecule has 0 atom stereocenters. The molecule has 1 saturated carbocycles. The maximum Gasteiger partial charge on any atom is 0.241 e. The SMILES string of the molecule is O=C1CNCCN1c1cn(C2CC2)c2nc(OCc3ccccn3)ccc12. The highest BCUT2D eigenvalue weighted by atomic mass is 16.5. The van der Waals surface area contributed by atoms with E-state index >= 15 is 0 Å². The summed E-state index contributed by atoms with van der Waals surface area (Å²) in [5.74, 6) is 0.679. The summed E-state index contributed by atoms with van der Waals surface area (Å²) in [6, 6.07) is 10.1. The van der Waals surface area contributed by atoms with Gasteiger partial charge in [-0.05, 0) is 31.0 Å². The van der Waals surface area contributed by atoms with Gasteiger partial charge in [0.2, 0.25) is 11.8 Å². The number of amides is 1. The lowest BCUT2D eigenvalue weighted by Gasteiger charge is -2.26. The van der Waals surface area contributed by atoms with Crippen LogP contribution in [0.25, 0.3) is 11.0 Å². The molecule has 27 heavy (non-hydrogen) atoms. The van der Waals surface area contributed by atoms with E-state index in [4.69, 9.17) is 9.72 Å². The molecule has 1 N–H and O–H groups in total. The van der Waals surface area contributed by atoms with E-state index in [1.54, 1.807) is 6.20 Å². The monoisotopic (exact) mass is 363 g/mol. The lowest BCUT2D eigenvalue weighted by molar-refractivity contribution is -0.118. The number of fused-ring (bicyclic) bond motifs is 1. The lowest BCUT2D eigenvalue weighted by atomic mass is 10.2. The molecule has 138 valence electrons. The Balaban J connectivity index is 1.48. The Hall–Kier alpha value is -2.93. The van der Waals surface area contributed by atoms with E-state index in [1.807, 2.05) is 35.2 Å². The minimum absolute atomic E-state index is 0.103. The number of carbonyl (C=O) groups excluding carboxylic acids is 1. The van der Waals surface area contributed by atoms with Gasteiger partial charge in [0.1, 0.15) is 12.3 Å². The first-order chi connectivity index (χ1) is 13.3. The van der Waals surface area contributed by atoms with Crippen LogP contribution in [-0.2, 0) is 11.4 Å². The summed E-state index contributed by atoms with van der Waals surface area (Å²) in [5, 5.41) is 4.13. The zero-order valence-corrected chi connectivity index (χ0v) is 15.0. The van der Waals surface area contributed by atoms with Gasteiger partial charge >= 0.3 is 0 Å². The highest BCUT2D eigenvalue weighted by Gasteiger charge is 2.30. The number of anilines is 1. The van der Waals surface area contributed by atoms with Gasteiger partial charge in [-0.2, -0.15) is 4.98 Å². The highest BCUT2D eigenvalue weighted by molar-refractivity contribution is 6.04. The number of nitrogens with zero attached hydrogens (tertiary/aromatic N) is 4. The van der Waals surface area contributed by atoms with Crippen LogP contribution in [0.5, 0.6) is 5.88 Å². The van der Waals surface area contributed by atoms with Crippen molar-refractivity contribution in [1.82, 2.24) is 19.9 Å². The summed E-state index contributed by atoms with van der Waals surface area (Å²) < 4.78 is 8.06. The number of hydrogen-bond donors (Lipinski definition) is 1. The van der Waals surface area contributed by atoms with Crippen molar-refractivity contribution in [2.24, 2.45) is 0 Å². The standard InChI is InChI=1S/C20H21N5O2/c26-19-11-21-9-10-24(19)17-12-25(15-4-5-15)20-16(17)6-7-18(23-20)27-13-14-3-1-2-8-22-14/h1-3,6-8,12,15,21H,4-5,9-11,13H2. The van der Waals surface area contributed by atoms with Crippen molar-refractivity contribution in [3.8, 4) is 5.88 Å². The molecule has 0 bridgehead atoms. The molecule has 7 nitrogen and oxygen atoms in total. The highest BCUT2D eigenvalue weighted by Crippen LogP contribution is 2.41. The van der Waals surface area contributed by atoms with Crippen molar-refractivity contribution < 1.29 is 9.53 Å². The van der Waals surface area contributed by atoms with E-state index in [-0.39, 0.29) is 5.91 Å². The van der Waals surface area contributed by atoms with Gasteiger partial charge in [-0.1, -0.05) is 6.07 Å². The number of hydrogen-bond acceptors (Lipinski definition) is 5. The van der Waals surface area contributed by atoms with Crippen LogP contribution in [0, 0.1) is 0 Å². The van der Waals surface area contributed by atoms with E-state index in [0.29, 0.717) is 31.6 Å². The Bertz CT molecular complexity index is 981. The molecule has 1 saturated heterocycles. The van der Waals surface area contributed by atoms with Gasteiger partial charge in [-0.25, -0.2) is 0 Å². The molecule has 5 rings (SSSR count). The number of rotatable bonds is 5. The molecule has 2 aliphatic rings. The summed E-state index contributed by atoms with van der Waals surface area (Å²) in [6.45, 7) is 2.25. The minimum Gasteiger partial charge on any atom is -0.471 e. The topological polar surface area (TPSA) is 72.3 Å². The fourth-order valence-corrected chi connectivity index (χ4v) is 3.51. The largest absolute Gasteiger partial charge is 0.471 e. The van der Waals surface area contributed by atoms with Crippen molar-refractivity contribution >= 4 is 22.6 Å². The van der Waals surface area contributed by atoms with E-state index in [0.717, 1.165) is 41.8 Å². The van der Waals surface area contributed by atoms with Gasteiger partial charge in [0.15, 0.2) is 0 Å². The second kappa shape index (κ2) is 6.66. The predicted molar refractivity (Wildman–Crippen MR) is 102 cm³/mol. The Morgan fingerprint density at radius 3 is 2.93 bits per heavy atom. The summed E-state index contributed by atoms with van der Waals surface area (Å²) in [6.07, 6.45) is 6.14. The Morgan fingerprint density at radius 1 is 1.22 bits per heavy atom. The number of ether oxygens (including phenoxy) is 1. The molecule has 3 aromatic rings. The Labute approximate surface area is 157 Å². The van der Waals surface area contributed by atoms with Crippen molar-refractivity contribution in [3.63, 3.8) is 0 Å². The van der Waals surface area contributed by atoms with Gasteiger partial charge in [-0.15, -0.1) is 0 Å². The molecule has 0 unspecified atom stereocenters. The maximum atomic E-state index is 12.4. The van der Waals surface area contributed by atoms with Crippen molar-refractivity contribution in [1.29, 1.82) is 0 Å². The molecule has 1 aliphatic carbocycles. The summed E-state index contributed by atoms with van der Waals surface area (Å²) in [7, 11) is 0. The fourth-order valence-electron chi connectivity index (χ4n) is 3.51. The van der Waals surface area contributed by atoms with Crippen LogP contribution in [0.4, 0.5) is 5.69 Å². The zero-order chi connectivity index (χ0) is 18.2. The van der Waals surface area contributed by atoms with E-state index < -0.39 is 0 Å². The van der Waals surface area contributed by atoms with Gasteiger partial charge < -0.3 is 19.5 Å². The first kappa shape index (κ1) is 16.3. The van der Waals surface area contributed by atoms with Gasteiger partial charge in [-0.3, -0.25) is 9.78 Å². The third-order valence-corrected chi connectivity index (χ3v) is 5.05. The number of piperazine rings is 1. The van der Waals surface area contributed by atoms with Crippen molar-refractivity contribution in [2.75, 3.05) is 24.5 Å². The maximum absolute atomic E-state index is 12.4. The molecule has 1 aliphatic heterocycles. The molecular formula is C20H21N5O2. The molecule has 7 heteroatoms. The van der Waals surface area contributed by atoms with Crippen LogP contribution < -0.4 is 15.0 Å². The predicted octanol–water partition coefficient (Wildman–Crippen LogP) is 2.28. The number of aromatic nitrogens is 3. The summed E-state index contributed by atoms with van der Waals surface area (Å²) in [5.41, 5.74) is 2.70.